The van der Waals surface area contributed by atoms with Gasteiger partial charge in [0.1, 0.15) is 11.5 Å². The monoisotopic (exact) mass is 306 g/mol. The lowest BCUT2D eigenvalue weighted by Crippen LogP contribution is -2.06. The smallest absolute Gasteiger partial charge is 0.144 e. The first-order valence-corrected chi connectivity index (χ1v) is 7.11. The summed E-state index contributed by atoms with van der Waals surface area (Å²) in [6, 6.07) is 11.2. The molecule has 112 valence electrons. The zero-order chi connectivity index (χ0) is 15.2. The molecule has 0 aliphatic rings. The van der Waals surface area contributed by atoms with Crippen LogP contribution < -0.4 is 20.5 Å². The molecule has 0 aliphatic heterocycles. The Labute approximate surface area is 129 Å². The molecule has 4 nitrogen and oxygen atoms in total. The molecule has 0 bridgehead atoms. The van der Waals surface area contributed by atoms with E-state index in [2.05, 4.69) is 5.32 Å². The van der Waals surface area contributed by atoms with Gasteiger partial charge in [-0.3, -0.25) is 0 Å². The van der Waals surface area contributed by atoms with E-state index in [1.165, 1.54) is 0 Å². The summed E-state index contributed by atoms with van der Waals surface area (Å²) in [6.45, 7) is 3.02. The molecule has 0 amide bonds. The zero-order valence-electron chi connectivity index (χ0n) is 12.2. The average Bonchev–Trinajstić information content (AvgIpc) is 2.49. The summed E-state index contributed by atoms with van der Waals surface area (Å²) < 4.78 is 10.8. The predicted molar refractivity (Wildman–Crippen MR) is 87.4 cm³/mol. The van der Waals surface area contributed by atoms with Gasteiger partial charge in [0.05, 0.1) is 25.1 Å². The number of nitrogens with two attached hydrogens (primary N) is 1. The van der Waals surface area contributed by atoms with Crippen LogP contribution in [0.1, 0.15) is 12.5 Å². The van der Waals surface area contributed by atoms with Crippen molar-refractivity contribution in [3.63, 3.8) is 0 Å². The van der Waals surface area contributed by atoms with Crippen LogP contribution in [0.4, 0.5) is 11.4 Å². The van der Waals surface area contributed by atoms with Crippen molar-refractivity contribution in [2.75, 3.05) is 24.8 Å². The summed E-state index contributed by atoms with van der Waals surface area (Å²) in [5.74, 6) is 1.42. The number of anilines is 2. The van der Waals surface area contributed by atoms with Crippen molar-refractivity contribution in [3.05, 3.63) is 47.0 Å². The van der Waals surface area contributed by atoms with Crippen molar-refractivity contribution >= 4 is 23.0 Å². The van der Waals surface area contributed by atoms with E-state index in [-0.39, 0.29) is 0 Å². The lowest BCUT2D eigenvalue weighted by Gasteiger charge is -2.15. The van der Waals surface area contributed by atoms with Gasteiger partial charge in [-0.2, -0.15) is 0 Å². The standard InChI is InChI=1S/C16H19ClN2O2/c1-3-21-15-9-5-7-13(16(15)18)19-10-11-12(17)6-4-8-14(11)20-2/h4-9,19H,3,10,18H2,1-2H3. The van der Waals surface area contributed by atoms with Crippen LogP contribution in [0.3, 0.4) is 0 Å². The summed E-state index contributed by atoms with van der Waals surface area (Å²) in [4.78, 5) is 0. The molecule has 0 heterocycles. The lowest BCUT2D eigenvalue weighted by atomic mass is 10.2. The molecule has 0 saturated carbocycles. The highest BCUT2D eigenvalue weighted by molar-refractivity contribution is 6.31. The number of methoxy groups -OCH3 is 1. The lowest BCUT2D eigenvalue weighted by molar-refractivity contribution is 0.342. The molecule has 21 heavy (non-hydrogen) atoms. The van der Waals surface area contributed by atoms with Gasteiger partial charge in [-0.15, -0.1) is 0 Å². The van der Waals surface area contributed by atoms with Gasteiger partial charge in [-0.1, -0.05) is 23.7 Å². The molecule has 0 radical (unpaired) electrons. The van der Waals surface area contributed by atoms with E-state index in [0.717, 1.165) is 17.0 Å². The SMILES string of the molecule is CCOc1cccc(NCc2c(Cl)cccc2OC)c1N. The number of nitrogens with one attached hydrogen (secondary N) is 1. The molecule has 3 N–H and O–H groups in total. The molecule has 2 rings (SSSR count). The summed E-state index contributed by atoms with van der Waals surface area (Å²) in [6.07, 6.45) is 0. The minimum Gasteiger partial charge on any atom is -0.496 e. The van der Waals surface area contributed by atoms with Gasteiger partial charge in [0, 0.05) is 17.1 Å². The first-order valence-electron chi connectivity index (χ1n) is 6.74. The number of nitrogen functional groups attached to an aromatic ring is 1. The first kappa shape index (κ1) is 15.3. The number of rotatable bonds is 6. The van der Waals surface area contributed by atoms with E-state index >= 15 is 0 Å². The average molecular weight is 307 g/mol. The number of para-hydroxylation sites is 1. The fourth-order valence-electron chi connectivity index (χ4n) is 2.06. The van der Waals surface area contributed by atoms with E-state index in [9.17, 15) is 0 Å². The second-order valence-corrected chi connectivity index (χ2v) is 4.83. The molecular formula is C16H19ClN2O2. The van der Waals surface area contributed by atoms with Crippen molar-refractivity contribution in [3.8, 4) is 11.5 Å². The highest BCUT2D eigenvalue weighted by atomic mass is 35.5. The van der Waals surface area contributed by atoms with Crippen LogP contribution in [0.5, 0.6) is 11.5 Å². The van der Waals surface area contributed by atoms with E-state index < -0.39 is 0 Å². The Morgan fingerprint density at radius 2 is 1.86 bits per heavy atom. The molecule has 0 unspecified atom stereocenters. The Hall–Kier alpha value is -2.07. The minimum atomic E-state index is 0.516. The van der Waals surface area contributed by atoms with Gasteiger partial charge in [0.25, 0.3) is 0 Å². The van der Waals surface area contributed by atoms with Gasteiger partial charge in [0.15, 0.2) is 0 Å². The zero-order valence-corrected chi connectivity index (χ0v) is 12.9. The Morgan fingerprint density at radius 1 is 1.14 bits per heavy atom. The largest absolute Gasteiger partial charge is 0.496 e. The van der Waals surface area contributed by atoms with Gasteiger partial charge in [0.2, 0.25) is 0 Å². The molecule has 2 aromatic carbocycles. The topological polar surface area (TPSA) is 56.5 Å². The van der Waals surface area contributed by atoms with Crippen LogP contribution in [0, 0.1) is 0 Å². The van der Waals surface area contributed by atoms with Gasteiger partial charge < -0.3 is 20.5 Å². The van der Waals surface area contributed by atoms with Crippen LogP contribution in [0.2, 0.25) is 5.02 Å². The maximum Gasteiger partial charge on any atom is 0.144 e. The maximum atomic E-state index is 6.22. The van der Waals surface area contributed by atoms with E-state index in [1.807, 2.05) is 43.3 Å². The summed E-state index contributed by atoms with van der Waals surface area (Å²) in [5, 5.41) is 3.93. The van der Waals surface area contributed by atoms with Crippen LogP contribution in [-0.2, 0) is 6.54 Å². The third kappa shape index (κ3) is 3.52. The summed E-state index contributed by atoms with van der Waals surface area (Å²) in [5.41, 5.74) is 8.38. The summed E-state index contributed by atoms with van der Waals surface area (Å²) in [7, 11) is 1.62. The molecule has 0 aliphatic carbocycles. The number of ether oxygens (including phenoxy) is 2. The van der Waals surface area contributed by atoms with Gasteiger partial charge in [-0.25, -0.2) is 0 Å². The molecule has 2 aromatic rings. The minimum absolute atomic E-state index is 0.516. The van der Waals surface area contributed by atoms with E-state index in [0.29, 0.717) is 29.6 Å². The quantitative estimate of drug-likeness (QED) is 0.794. The molecule has 0 aromatic heterocycles. The first-order chi connectivity index (χ1) is 10.2. The van der Waals surface area contributed by atoms with Crippen molar-refractivity contribution in [2.45, 2.75) is 13.5 Å². The maximum absolute atomic E-state index is 6.22. The Morgan fingerprint density at radius 3 is 2.57 bits per heavy atom. The van der Waals surface area contributed by atoms with Gasteiger partial charge in [-0.05, 0) is 31.2 Å². The second-order valence-electron chi connectivity index (χ2n) is 4.42. The molecule has 0 atom stereocenters. The van der Waals surface area contributed by atoms with E-state index in [1.54, 1.807) is 7.11 Å². The number of hydrogen-bond acceptors (Lipinski definition) is 4. The predicted octanol–water partition coefficient (Wildman–Crippen LogP) is 3.94. The highest BCUT2D eigenvalue weighted by Crippen LogP contribution is 2.32. The molecular weight excluding hydrogens is 288 g/mol. The molecule has 0 fully saturated rings. The van der Waals surface area contributed by atoms with Crippen LogP contribution in [0.15, 0.2) is 36.4 Å². The fourth-order valence-corrected chi connectivity index (χ4v) is 2.30. The van der Waals surface area contributed by atoms with E-state index in [4.69, 9.17) is 26.8 Å². The van der Waals surface area contributed by atoms with Crippen LogP contribution >= 0.6 is 11.6 Å². The highest BCUT2D eigenvalue weighted by Gasteiger charge is 2.10. The normalized spacial score (nSPS) is 10.2. The van der Waals surface area contributed by atoms with Crippen molar-refractivity contribution in [1.29, 1.82) is 0 Å². The third-order valence-corrected chi connectivity index (χ3v) is 3.47. The van der Waals surface area contributed by atoms with Crippen LogP contribution in [-0.4, -0.2) is 13.7 Å². The fraction of sp³-hybridized carbons (Fsp3) is 0.250. The Kier molecular flexibility index (Phi) is 5.17. The van der Waals surface area contributed by atoms with Crippen molar-refractivity contribution in [2.24, 2.45) is 0 Å². The Bertz CT molecular complexity index is 617. The third-order valence-electron chi connectivity index (χ3n) is 3.12. The Balaban J connectivity index is 2.19. The van der Waals surface area contributed by atoms with Crippen molar-refractivity contribution < 1.29 is 9.47 Å². The number of halogens is 1. The van der Waals surface area contributed by atoms with Crippen molar-refractivity contribution in [1.82, 2.24) is 0 Å². The molecule has 0 spiro atoms. The second kappa shape index (κ2) is 7.09. The summed E-state index contributed by atoms with van der Waals surface area (Å²) >= 11 is 6.22. The van der Waals surface area contributed by atoms with Crippen LogP contribution in [0.25, 0.3) is 0 Å². The molecule has 5 heteroatoms. The number of benzene rings is 2. The molecule has 0 saturated heterocycles. The van der Waals surface area contributed by atoms with Gasteiger partial charge >= 0.3 is 0 Å². The number of hydrogen-bond donors (Lipinski definition) is 2.